The van der Waals surface area contributed by atoms with Gasteiger partial charge in [0.25, 0.3) is 0 Å². The van der Waals surface area contributed by atoms with Crippen molar-refractivity contribution in [2.75, 3.05) is 0 Å². The van der Waals surface area contributed by atoms with E-state index in [1.54, 1.807) is 0 Å². The van der Waals surface area contributed by atoms with Crippen LogP contribution in [0.15, 0.2) is 24.5 Å². The first kappa shape index (κ1) is 18.3. The van der Waals surface area contributed by atoms with Gasteiger partial charge in [-0.2, -0.15) is 0 Å². The van der Waals surface area contributed by atoms with Gasteiger partial charge in [0.15, 0.2) is 0 Å². The minimum atomic E-state index is 1.03. The van der Waals surface area contributed by atoms with E-state index in [1.165, 1.54) is 77.0 Å². The first-order valence-corrected chi connectivity index (χ1v) is 8.36. The maximum absolute atomic E-state index is 8.48. The second kappa shape index (κ2) is 17.3. The average Bonchev–Trinajstić information content (AvgIpc) is 2.43. The van der Waals surface area contributed by atoms with Crippen molar-refractivity contribution < 1.29 is 5.11 Å². The molecule has 0 fully saturated rings. The van der Waals surface area contributed by atoms with Crippen molar-refractivity contribution in [3.8, 4) is 0 Å². The van der Waals surface area contributed by atoms with E-state index in [0.717, 1.165) is 12.7 Å². The topological polar surface area (TPSA) is 20.2 Å². The molecule has 0 aliphatic carbocycles. The van der Waals surface area contributed by atoms with E-state index >= 15 is 0 Å². The SMILES string of the molecule is CCCCC=CCCCCCCCCCCC=CO. The summed E-state index contributed by atoms with van der Waals surface area (Å²) in [4.78, 5) is 0. The van der Waals surface area contributed by atoms with Gasteiger partial charge < -0.3 is 5.11 Å². The first-order chi connectivity index (χ1) is 9.41. The third kappa shape index (κ3) is 17.3. The molecule has 0 radical (unpaired) electrons. The van der Waals surface area contributed by atoms with Gasteiger partial charge >= 0.3 is 0 Å². The van der Waals surface area contributed by atoms with Crippen molar-refractivity contribution >= 4 is 0 Å². The maximum atomic E-state index is 8.48. The zero-order chi connectivity index (χ0) is 14.0. The lowest BCUT2D eigenvalue weighted by atomic mass is 10.1. The van der Waals surface area contributed by atoms with Gasteiger partial charge in [-0.3, -0.25) is 0 Å². The number of rotatable bonds is 14. The lowest BCUT2D eigenvalue weighted by Gasteiger charge is -2.00. The van der Waals surface area contributed by atoms with Gasteiger partial charge in [0.2, 0.25) is 0 Å². The fourth-order valence-corrected chi connectivity index (χ4v) is 2.22. The summed E-state index contributed by atoms with van der Waals surface area (Å²) in [7, 11) is 0. The van der Waals surface area contributed by atoms with Gasteiger partial charge in [-0.25, -0.2) is 0 Å². The molecule has 0 amide bonds. The summed E-state index contributed by atoms with van der Waals surface area (Å²) < 4.78 is 0. The number of allylic oxidation sites excluding steroid dienone is 3. The summed E-state index contributed by atoms with van der Waals surface area (Å²) in [6.07, 6.45) is 24.8. The molecule has 112 valence electrons. The average molecular weight is 266 g/mol. The Kier molecular flexibility index (Phi) is 16.6. The summed E-state index contributed by atoms with van der Waals surface area (Å²) in [6.45, 7) is 2.25. The van der Waals surface area contributed by atoms with Crippen LogP contribution >= 0.6 is 0 Å². The molecule has 0 saturated carbocycles. The molecule has 19 heavy (non-hydrogen) atoms. The lowest BCUT2D eigenvalue weighted by Crippen LogP contribution is -1.81. The van der Waals surface area contributed by atoms with E-state index in [4.69, 9.17) is 5.11 Å². The van der Waals surface area contributed by atoms with Crippen LogP contribution < -0.4 is 0 Å². The molecular formula is C18H34O. The Balaban J connectivity index is 3.00. The normalized spacial score (nSPS) is 11.8. The second-order valence-electron chi connectivity index (χ2n) is 5.40. The van der Waals surface area contributed by atoms with Gasteiger partial charge in [0.1, 0.15) is 0 Å². The molecule has 1 heteroatoms. The summed E-state index contributed by atoms with van der Waals surface area (Å²) in [5.41, 5.74) is 0. The van der Waals surface area contributed by atoms with Crippen LogP contribution in [0.25, 0.3) is 0 Å². The summed E-state index contributed by atoms with van der Waals surface area (Å²) in [5.74, 6) is 0. The number of aliphatic hydroxyl groups is 1. The van der Waals surface area contributed by atoms with Crippen molar-refractivity contribution in [1.29, 1.82) is 0 Å². The monoisotopic (exact) mass is 266 g/mol. The molecule has 0 aromatic heterocycles. The summed E-state index contributed by atoms with van der Waals surface area (Å²) in [5, 5.41) is 8.48. The highest BCUT2D eigenvalue weighted by atomic mass is 16.2. The van der Waals surface area contributed by atoms with Gasteiger partial charge in [0.05, 0.1) is 6.26 Å². The van der Waals surface area contributed by atoms with Crippen LogP contribution in [0.4, 0.5) is 0 Å². The maximum Gasteiger partial charge on any atom is 0.0751 e. The van der Waals surface area contributed by atoms with E-state index < -0.39 is 0 Å². The molecule has 0 unspecified atom stereocenters. The van der Waals surface area contributed by atoms with Crippen LogP contribution in [0.5, 0.6) is 0 Å². The predicted molar refractivity (Wildman–Crippen MR) is 86.6 cm³/mol. The van der Waals surface area contributed by atoms with Crippen molar-refractivity contribution in [3.05, 3.63) is 24.5 Å². The van der Waals surface area contributed by atoms with E-state index in [0.29, 0.717) is 0 Å². The Morgan fingerprint density at radius 2 is 1.00 bits per heavy atom. The van der Waals surface area contributed by atoms with Gasteiger partial charge in [-0.1, -0.05) is 76.5 Å². The lowest BCUT2D eigenvalue weighted by molar-refractivity contribution is 0.469. The standard InChI is InChI=1S/C18H34O/c1-2-3-4-5-6-7-8-9-10-11-12-13-14-15-16-17-18-19/h5-6,17-19H,2-4,7-16H2,1H3. The quantitative estimate of drug-likeness (QED) is 0.210. The minimum Gasteiger partial charge on any atom is -0.516 e. The number of hydrogen-bond acceptors (Lipinski definition) is 1. The third-order valence-electron chi connectivity index (χ3n) is 3.49. The molecule has 1 N–H and O–H groups in total. The molecule has 0 bridgehead atoms. The van der Waals surface area contributed by atoms with Crippen molar-refractivity contribution in [2.24, 2.45) is 0 Å². The zero-order valence-electron chi connectivity index (χ0n) is 12.9. The highest BCUT2D eigenvalue weighted by Crippen LogP contribution is 2.11. The Bertz CT molecular complexity index is 206. The molecule has 0 aromatic rings. The summed E-state index contributed by atoms with van der Waals surface area (Å²) >= 11 is 0. The van der Waals surface area contributed by atoms with Crippen molar-refractivity contribution in [1.82, 2.24) is 0 Å². The third-order valence-corrected chi connectivity index (χ3v) is 3.49. The highest BCUT2D eigenvalue weighted by Gasteiger charge is 1.91. The molecule has 0 heterocycles. The van der Waals surface area contributed by atoms with E-state index in [1.807, 2.05) is 6.08 Å². The van der Waals surface area contributed by atoms with E-state index in [2.05, 4.69) is 19.1 Å². The largest absolute Gasteiger partial charge is 0.516 e. The van der Waals surface area contributed by atoms with Crippen molar-refractivity contribution in [3.63, 3.8) is 0 Å². The number of hydrogen-bond donors (Lipinski definition) is 1. The zero-order valence-corrected chi connectivity index (χ0v) is 12.9. The molecular weight excluding hydrogens is 232 g/mol. The van der Waals surface area contributed by atoms with Crippen LogP contribution in [-0.4, -0.2) is 5.11 Å². The van der Waals surface area contributed by atoms with Crippen molar-refractivity contribution in [2.45, 2.75) is 90.4 Å². The Hall–Kier alpha value is -0.720. The molecule has 0 aliphatic heterocycles. The summed E-state index contributed by atoms with van der Waals surface area (Å²) in [6, 6.07) is 0. The van der Waals surface area contributed by atoms with Crippen LogP contribution in [-0.2, 0) is 0 Å². The fraction of sp³-hybridized carbons (Fsp3) is 0.778. The highest BCUT2D eigenvalue weighted by molar-refractivity contribution is 4.81. The Morgan fingerprint density at radius 3 is 1.47 bits per heavy atom. The molecule has 0 spiro atoms. The van der Waals surface area contributed by atoms with E-state index in [9.17, 15) is 0 Å². The molecule has 0 saturated heterocycles. The molecule has 0 rings (SSSR count). The molecule has 0 atom stereocenters. The second-order valence-corrected chi connectivity index (χ2v) is 5.40. The Labute approximate surface area is 120 Å². The smallest absolute Gasteiger partial charge is 0.0751 e. The van der Waals surface area contributed by atoms with Gasteiger partial charge in [-0.15, -0.1) is 0 Å². The molecule has 1 nitrogen and oxygen atoms in total. The Morgan fingerprint density at radius 1 is 0.579 bits per heavy atom. The van der Waals surface area contributed by atoms with Crippen LogP contribution in [0.1, 0.15) is 90.4 Å². The van der Waals surface area contributed by atoms with Gasteiger partial charge in [0, 0.05) is 0 Å². The fourth-order valence-electron chi connectivity index (χ4n) is 2.22. The minimum absolute atomic E-state index is 1.03. The van der Waals surface area contributed by atoms with Crippen LogP contribution in [0, 0.1) is 0 Å². The van der Waals surface area contributed by atoms with Crippen LogP contribution in [0.3, 0.4) is 0 Å². The molecule has 0 aromatic carbocycles. The number of unbranched alkanes of at least 4 members (excludes halogenated alkanes) is 11. The van der Waals surface area contributed by atoms with Gasteiger partial charge in [-0.05, 0) is 32.1 Å². The molecule has 0 aliphatic rings. The number of aliphatic hydroxyl groups excluding tert-OH is 1. The first-order valence-electron chi connectivity index (χ1n) is 8.36. The predicted octanol–water partition coefficient (Wildman–Crippen LogP) is 6.71. The van der Waals surface area contributed by atoms with Crippen LogP contribution in [0.2, 0.25) is 0 Å². The van der Waals surface area contributed by atoms with E-state index in [-0.39, 0.29) is 0 Å².